The summed E-state index contributed by atoms with van der Waals surface area (Å²) < 4.78 is 13.3. The van der Waals surface area contributed by atoms with Crippen molar-refractivity contribution in [3.63, 3.8) is 0 Å². The van der Waals surface area contributed by atoms with Gasteiger partial charge in [0.05, 0.1) is 15.1 Å². The van der Waals surface area contributed by atoms with Gasteiger partial charge in [-0.15, -0.1) is 0 Å². The van der Waals surface area contributed by atoms with E-state index in [1.54, 1.807) is 12.1 Å². The second-order valence-corrected chi connectivity index (χ2v) is 4.75. The van der Waals surface area contributed by atoms with E-state index in [0.717, 1.165) is 6.07 Å². The van der Waals surface area contributed by atoms with Crippen LogP contribution in [-0.4, -0.2) is 5.78 Å². The van der Waals surface area contributed by atoms with Crippen LogP contribution >= 0.6 is 34.8 Å². The molecule has 0 bridgehead atoms. The van der Waals surface area contributed by atoms with Gasteiger partial charge in [-0.1, -0.05) is 40.9 Å². The van der Waals surface area contributed by atoms with Crippen molar-refractivity contribution >= 4 is 40.6 Å². The molecule has 92 valence electrons. The van der Waals surface area contributed by atoms with Crippen molar-refractivity contribution in [1.29, 1.82) is 0 Å². The zero-order chi connectivity index (χ0) is 13.3. The lowest BCUT2D eigenvalue weighted by molar-refractivity contribution is 0.103. The van der Waals surface area contributed by atoms with Crippen molar-refractivity contribution in [2.45, 2.75) is 0 Å². The highest BCUT2D eigenvalue weighted by molar-refractivity contribution is 6.44. The number of halogens is 4. The number of hydrogen-bond acceptors (Lipinski definition) is 1. The first-order chi connectivity index (χ1) is 8.50. The van der Waals surface area contributed by atoms with E-state index in [0.29, 0.717) is 0 Å². The van der Waals surface area contributed by atoms with E-state index in [1.807, 2.05) is 0 Å². The van der Waals surface area contributed by atoms with Crippen LogP contribution in [0.25, 0.3) is 0 Å². The number of carbonyl (C=O) groups excluding carboxylic acids is 1. The fourth-order valence-corrected chi connectivity index (χ4v) is 1.98. The van der Waals surface area contributed by atoms with E-state index in [4.69, 9.17) is 34.8 Å². The fraction of sp³-hybridized carbons (Fsp3) is 0. The Kier molecular flexibility index (Phi) is 3.91. The first-order valence-corrected chi connectivity index (χ1v) is 6.08. The normalized spacial score (nSPS) is 10.4. The molecule has 0 N–H and O–H groups in total. The monoisotopic (exact) mass is 302 g/mol. The van der Waals surface area contributed by atoms with E-state index in [9.17, 15) is 9.18 Å². The van der Waals surface area contributed by atoms with Crippen LogP contribution in [0.3, 0.4) is 0 Å². The van der Waals surface area contributed by atoms with Gasteiger partial charge in [0.15, 0.2) is 5.78 Å². The van der Waals surface area contributed by atoms with E-state index in [2.05, 4.69) is 0 Å². The molecule has 0 saturated carbocycles. The van der Waals surface area contributed by atoms with Crippen LogP contribution in [0.1, 0.15) is 15.9 Å². The summed E-state index contributed by atoms with van der Waals surface area (Å²) in [6.45, 7) is 0. The number of rotatable bonds is 2. The van der Waals surface area contributed by atoms with Crippen LogP contribution in [-0.2, 0) is 0 Å². The van der Waals surface area contributed by atoms with Gasteiger partial charge in [0, 0.05) is 11.1 Å². The molecule has 5 heteroatoms. The lowest BCUT2D eigenvalue weighted by Crippen LogP contribution is -2.03. The van der Waals surface area contributed by atoms with E-state index in [-0.39, 0.29) is 26.2 Å². The maximum absolute atomic E-state index is 13.3. The molecule has 2 rings (SSSR count). The zero-order valence-electron chi connectivity index (χ0n) is 8.88. The molecule has 0 aliphatic carbocycles. The molecule has 0 amide bonds. The van der Waals surface area contributed by atoms with Gasteiger partial charge >= 0.3 is 0 Å². The molecule has 0 radical (unpaired) electrons. The summed E-state index contributed by atoms with van der Waals surface area (Å²) in [6, 6.07) is 8.54. The number of benzene rings is 2. The van der Waals surface area contributed by atoms with Gasteiger partial charge in [0.25, 0.3) is 0 Å². The second-order valence-electron chi connectivity index (χ2n) is 3.56. The molecule has 0 unspecified atom stereocenters. The summed E-state index contributed by atoms with van der Waals surface area (Å²) in [5.41, 5.74) is 0.395. The van der Waals surface area contributed by atoms with Crippen LogP contribution in [0.15, 0.2) is 36.4 Å². The van der Waals surface area contributed by atoms with Crippen LogP contribution in [0.5, 0.6) is 0 Å². The molecular weight excluding hydrogens is 297 g/mol. The maximum atomic E-state index is 13.3. The summed E-state index contributed by atoms with van der Waals surface area (Å²) >= 11 is 17.3. The summed E-state index contributed by atoms with van der Waals surface area (Å²) in [5.74, 6) is -1.06. The summed E-state index contributed by atoms with van der Waals surface area (Å²) in [4.78, 5) is 12.1. The Morgan fingerprint density at radius 3 is 2.39 bits per heavy atom. The largest absolute Gasteiger partial charge is 0.289 e. The molecule has 0 fully saturated rings. The minimum Gasteiger partial charge on any atom is -0.289 e. The van der Waals surface area contributed by atoms with Gasteiger partial charge < -0.3 is 0 Å². The number of hydrogen-bond donors (Lipinski definition) is 0. The van der Waals surface area contributed by atoms with Gasteiger partial charge in [-0.3, -0.25) is 4.79 Å². The van der Waals surface area contributed by atoms with Gasteiger partial charge in [-0.05, 0) is 30.3 Å². The third kappa shape index (κ3) is 2.51. The molecule has 0 heterocycles. The molecule has 0 aromatic heterocycles. The average molecular weight is 304 g/mol. The lowest BCUT2D eigenvalue weighted by atomic mass is 10.0. The van der Waals surface area contributed by atoms with Crippen LogP contribution < -0.4 is 0 Å². The Hall–Kier alpha value is -1.09. The molecule has 0 saturated heterocycles. The smallest absolute Gasteiger partial charge is 0.194 e. The summed E-state index contributed by atoms with van der Waals surface area (Å²) in [5, 5.41) is 0.389. The standard InChI is InChI=1S/C13H6Cl3FO/c14-9-5-4-7(6-11(9)17)13(18)8-2-1-3-10(15)12(8)16/h1-6H. The minimum absolute atomic E-state index is 0.0382. The second kappa shape index (κ2) is 5.27. The Morgan fingerprint density at radius 2 is 1.72 bits per heavy atom. The molecule has 18 heavy (non-hydrogen) atoms. The molecule has 0 atom stereocenters. The van der Waals surface area contributed by atoms with E-state index in [1.165, 1.54) is 18.2 Å². The zero-order valence-corrected chi connectivity index (χ0v) is 11.2. The van der Waals surface area contributed by atoms with E-state index >= 15 is 0 Å². The van der Waals surface area contributed by atoms with Crippen LogP contribution in [0, 0.1) is 5.82 Å². The third-order valence-corrected chi connectivity index (χ3v) is 3.50. The van der Waals surface area contributed by atoms with Crippen molar-refractivity contribution < 1.29 is 9.18 Å². The molecule has 2 aromatic rings. The Balaban J connectivity index is 2.48. The SMILES string of the molecule is O=C(c1ccc(Cl)c(F)c1)c1cccc(Cl)c1Cl. The van der Waals surface area contributed by atoms with Crippen molar-refractivity contribution in [2.75, 3.05) is 0 Å². The van der Waals surface area contributed by atoms with Crippen molar-refractivity contribution in [3.05, 3.63) is 68.4 Å². The molecule has 0 aliphatic heterocycles. The molecule has 0 aliphatic rings. The van der Waals surface area contributed by atoms with Gasteiger partial charge in [-0.25, -0.2) is 4.39 Å². The third-order valence-electron chi connectivity index (χ3n) is 2.38. The highest BCUT2D eigenvalue weighted by Crippen LogP contribution is 2.28. The van der Waals surface area contributed by atoms with Crippen molar-refractivity contribution in [3.8, 4) is 0 Å². The Bertz CT molecular complexity index is 626. The minimum atomic E-state index is -0.652. The predicted molar refractivity (Wildman–Crippen MR) is 71.3 cm³/mol. The molecular formula is C13H6Cl3FO. The number of ketones is 1. The molecule has 0 spiro atoms. The van der Waals surface area contributed by atoms with Gasteiger partial charge in [0.2, 0.25) is 0 Å². The van der Waals surface area contributed by atoms with E-state index < -0.39 is 11.6 Å². The summed E-state index contributed by atoms with van der Waals surface area (Å²) in [7, 11) is 0. The maximum Gasteiger partial charge on any atom is 0.194 e. The van der Waals surface area contributed by atoms with Crippen LogP contribution in [0.4, 0.5) is 4.39 Å². The summed E-state index contributed by atoms with van der Waals surface area (Å²) in [6.07, 6.45) is 0. The predicted octanol–water partition coefficient (Wildman–Crippen LogP) is 5.02. The first-order valence-electron chi connectivity index (χ1n) is 4.94. The molecule has 1 nitrogen and oxygen atoms in total. The topological polar surface area (TPSA) is 17.1 Å². The number of carbonyl (C=O) groups is 1. The first kappa shape index (κ1) is 13.3. The Morgan fingerprint density at radius 1 is 1.00 bits per heavy atom. The fourth-order valence-electron chi connectivity index (χ4n) is 1.47. The highest BCUT2D eigenvalue weighted by atomic mass is 35.5. The molecule has 2 aromatic carbocycles. The quantitative estimate of drug-likeness (QED) is 0.712. The lowest BCUT2D eigenvalue weighted by Gasteiger charge is -2.05. The van der Waals surface area contributed by atoms with Crippen molar-refractivity contribution in [2.24, 2.45) is 0 Å². The Labute approximate surface area is 118 Å². The van der Waals surface area contributed by atoms with Gasteiger partial charge in [0.1, 0.15) is 5.82 Å². The average Bonchev–Trinajstić information content (AvgIpc) is 2.35. The highest BCUT2D eigenvalue weighted by Gasteiger charge is 2.15. The van der Waals surface area contributed by atoms with Gasteiger partial charge in [-0.2, -0.15) is 0 Å². The van der Waals surface area contributed by atoms with Crippen LogP contribution in [0.2, 0.25) is 15.1 Å². The van der Waals surface area contributed by atoms with Crippen molar-refractivity contribution in [1.82, 2.24) is 0 Å².